The van der Waals surface area contributed by atoms with Crippen molar-refractivity contribution in [2.75, 3.05) is 18.4 Å². The topological polar surface area (TPSA) is 78.1 Å². The number of amides is 1. The van der Waals surface area contributed by atoms with Crippen molar-refractivity contribution in [3.8, 4) is 0 Å². The minimum atomic E-state index is -0.133. The Kier molecular flexibility index (Phi) is 6.00. The lowest BCUT2D eigenvalue weighted by atomic mass is 10.1. The third-order valence-corrected chi connectivity index (χ3v) is 5.36. The average molecular weight is 390 g/mol. The molecular formula is C23H26N4O2. The molecule has 1 aliphatic heterocycles. The fourth-order valence-corrected chi connectivity index (χ4v) is 3.84. The number of aromatic nitrogens is 2. The van der Waals surface area contributed by atoms with Gasteiger partial charge in [0, 0.05) is 25.1 Å². The van der Waals surface area contributed by atoms with Crippen LogP contribution in [0.25, 0.3) is 10.9 Å². The predicted molar refractivity (Wildman–Crippen MR) is 115 cm³/mol. The zero-order valence-corrected chi connectivity index (χ0v) is 16.5. The van der Waals surface area contributed by atoms with E-state index in [1.807, 2.05) is 36.4 Å². The summed E-state index contributed by atoms with van der Waals surface area (Å²) in [5.74, 6) is 0.609. The second-order valence-electron chi connectivity index (χ2n) is 7.57. The molecule has 1 amide bonds. The van der Waals surface area contributed by atoms with E-state index < -0.39 is 0 Å². The van der Waals surface area contributed by atoms with Gasteiger partial charge >= 0.3 is 0 Å². The van der Waals surface area contributed by atoms with Gasteiger partial charge in [0.1, 0.15) is 5.82 Å². The van der Waals surface area contributed by atoms with E-state index in [4.69, 9.17) is 0 Å². The molecule has 29 heavy (non-hydrogen) atoms. The molecule has 150 valence electrons. The molecule has 0 aliphatic carbocycles. The number of nitrogens with one attached hydrogen (secondary N) is 2. The SMILES string of the molecule is O=C(CCCc1nc2ccccc2c(=O)[nH]1)Nc1ccccc1CN1CCCC1. The normalized spacial score (nSPS) is 14.3. The van der Waals surface area contributed by atoms with Crippen LogP contribution in [0.5, 0.6) is 0 Å². The highest BCUT2D eigenvalue weighted by atomic mass is 16.1. The standard InChI is InChI=1S/C23H26N4O2/c28-22(25-19-10-3-1-8-17(19)16-27-14-5-6-15-27)13-7-12-21-24-20-11-4-2-9-18(20)23(29)26-21/h1-4,8-11H,5-7,12-16H2,(H,25,28)(H,24,26,29). The molecule has 3 aromatic rings. The summed E-state index contributed by atoms with van der Waals surface area (Å²) in [4.78, 5) is 34.3. The van der Waals surface area contributed by atoms with Gasteiger partial charge in [-0.2, -0.15) is 0 Å². The number of para-hydroxylation sites is 2. The molecule has 1 saturated heterocycles. The molecule has 1 aliphatic rings. The Hall–Kier alpha value is -2.99. The fraction of sp³-hybridized carbons (Fsp3) is 0.348. The van der Waals surface area contributed by atoms with Gasteiger partial charge in [-0.25, -0.2) is 4.98 Å². The van der Waals surface area contributed by atoms with Crippen LogP contribution in [0.15, 0.2) is 53.3 Å². The van der Waals surface area contributed by atoms with E-state index in [9.17, 15) is 9.59 Å². The molecule has 0 bridgehead atoms. The molecule has 1 aromatic heterocycles. The lowest BCUT2D eigenvalue weighted by Gasteiger charge is -2.17. The number of anilines is 1. The number of carbonyl (C=O) groups is 1. The number of fused-ring (bicyclic) bond motifs is 1. The van der Waals surface area contributed by atoms with Crippen LogP contribution in [0.2, 0.25) is 0 Å². The smallest absolute Gasteiger partial charge is 0.258 e. The molecule has 0 unspecified atom stereocenters. The van der Waals surface area contributed by atoms with Crippen molar-refractivity contribution in [2.45, 2.75) is 38.6 Å². The Bertz CT molecular complexity index is 1050. The molecule has 0 spiro atoms. The minimum absolute atomic E-state index is 0.0120. The maximum Gasteiger partial charge on any atom is 0.258 e. The lowest BCUT2D eigenvalue weighted by Crippen LogP contribution is -2.20. The first-order valence-corrected chi connectivity index (χ1v) is 10.3. The third-order valence-electron chi connectivity index (χ3n) is 5.36. The number of carbonyl (C=O) groups excluding carboxylic acids is 1. The van der Waals surface area contributed by atoms with Gasteiger partial charge in [-0.1, -0.05) is 30.3 Å². The molecule has 2 N–H and O–H groups in total. The van der Waals surface area contributed by atoms with Crippen molar-refractivity contribution in [3.05, 3.63) is 70.3 Å². The van der Waals surface area contributed by atoms with Crippen LogP contribution in [0.1, 0.15) is 37.1 Å². The van der Waals surface area contributed by atoms with Gasteiger partial charge in [-0.15, -0.1) is 0 Å². The van der Waals surface area contributed by atoms with E-state index >= 15 is 0 Å². The maximum atomic E-state index is 12.5. The largest absolute Gasteiger partial charge is 0.326 e. The highest BCUT2D eigenvalue weighted by Gasteiger charge is 2.14. The zero-order valence-electron chi connectivity index (χ0n) is 16.5. The van der Waals surface area contributed by atoms with Gasteiger partial charge in [0.15, 0.2) is 0 Å². The summed E-state index contributed by atoms with van der Waals surface area (Å²) in [7, 11) is 0. The number of rotatable bonds is 7. The minimum Gasteiger partial charge on any atom is -0.326 e. The van der Waals surface area contributed by atoms with Crippen LogP contribution < -0.4 is 10.9 Å². The molecule has 0 radical (unpaired) electrons. The van der Waals surface area contributed by atoms with Gasteiger partial charge in [0.05, 0.1) is 10.9 Å². The first kappa shape index (κ1) is 19.3. The summed E-state index contributed by atoms with van der Waals surface area (Å²) in [5, 5.41) is 3.64. The highest BCUT2D eigenvalue weighted by Crippen LogP contribution is 2.20. The van der Waals surface area contributed by atoms with Crippen LogP contribution >= 0.6 is 0 Å². The van der Waals surface area contributed by atoms with Gasteiger partial charge in [-0.05, 0) is 56.1 Å². The number of H-pyrrole nitrogens is 1. The van der Waals surface area contributed by atoms with E-state index in [1.165, 1.54) is 12.8 Å². The molecule has 2 heterocycles. The summed E-state index contributed by atoms with van der Waals surface area (Å²) >= 11 is 0. The van der Waals surface area contributed by atoms with E-state index in [0.29, 0.717) is 36.0 Å². The van der Waals surface area contributed by atoms with Crippen molar-refractivity contribution in [3.63, 3.8) is 0 Å². The molecule has 4 rings (SSSR count). The Labute approximate surface area is 170 Å². The van der Waals surface area contributed by atoms with Gasteiger partial charge in [0.25, 0.3) is 5.56 Å². The number of hydrogen-bond acceptors (Lipinski definition) is 4. The average Bonchev–Trinajstić information content (AvgIpc) is 3.23. The number of aromatic amines is 1. The van der Waals surface area contributed by atoms with Crippen molar-refractivity contribution < 1.29 is 4.79 Å². The van der Waals surface area contributed by atoms with E-state index in [-0.39, 0.29) is 11.5 Å². The number of hydrogen-bond donors (Lipinski definition) is 2. The quantitative estimate of drug-likeness (QED) is 0.647. The molecule has 0 atom stereocenters. The van der Waals surface area contributed by atoms with Crippen LogP contribution in [0, 0.1) is 0 Å². The second-order valence-corrected chi connectivity index (χ2v) is 7.57. The van der Waals surface area contributed by atoms with Crippen molar-refractivity contribution in [1.29, 1.82) is 0 Å². The molecule has 1 fully saturated rings. The van der Waals surface area contributed by atoms with Gasteiger partial charge in [0.2, 0.25) is 5.91 Å². The zero-order chi connectivity index (χ0) is 20.1. The summed E-state index contributed by atoms with van der Waals surface area (Å²) in [6, 6.07) is 15.3. The van der Waals surface area contributed by atoms with E-state index in [0.717, 1.165) is 30.9 Å². The summed E-state index contributed by atoms with van der Waals surface area (Å²) in [5.41, 5.74) is 2.60. The van der Waals surface area contributed by atoms with Gasteiger partial charge < -0.3 is 10.3 Å². The number of benzene rings is 2. The number of nitrogens with zero attached hydrogens (tertiary/aromatic N) is 2. The Morgan fingerprint density at radius 2 is 1.83 bits per heavy atom. The molecule has 2 aromatic carbocycles. The van der Waals surface area contributed by atoms with Crippen LogP contribution in [-0.4, -0.2) is 33.9 Å². The molecular weight excluding hydrogens is 364 g/mol. The third kappa shape index (κ3) is 4.90. The predicted octanol–water partition coefficient (Wildman–Crippen LogP) is 3.48. The second kappa shape index (κ2) is 9.01. The van der Waals surface area contributed by atoms with E-state index in [1.54, 1.807) is 6.07 Å². The summed E-state index contributed by atoms with van der Waals surface area (Å²) in [6.45, 7) is 3.12. The first-order valence-electron chi connectivity index (χ1n) is 10.3. The van der Waals surface area contributed by atoms with E-state index in [2.05, 4.69) is 26.3 Å². The maximum absolute atomic E-state index is 12.5. The fourth-order valence-electron chi connectivity index (χ4n) is 3.84. The Morgan fingerprint density at radius 1 is 1.07 bits per heavy atom. The van der Waals surface area contributed by atoms with Crippen LogP contribution in [0.3, 0.4) is 0 Å². The Morgan fingerprint density at radius 3 is 2.69 bits per heavy atom. The molecule has 6 heteroatoms. The van der Waals surface area contributed by atoms with Crippen molar-refractivity contribution in [1.82, 2.24) is 14.9 Å². The van der Waals surface area contributed by atoms with Crippen molar-refractivity contribution >= 4 is 22.5 Å². The number of aryl methyl sites for hydroxylation is 1. The summed E-state index contributed by atoms with van der Waals surface area (Å²) in [6.07, 6.45) is 4.07. The first-order chi connectivity index (χ1) is 14.2. The lowest BCUT2D eigenvalue weighted by molar-refractivity contribution is -0.116. The van der Waals surface area contributed by atoms with Gasteiger partial charge in [-0.3, -0.25) is 14.5 Å². The van der Waals surface area contributed by atoms with Crippen LogP contribution in [-0.2, 0) is 17.8 Å². The summed E-state index contributed by atoms with van der Waals surface area (Å²) < 4.78 is 0. The monoisotopic (exact) mass is 390 g/mol. The highest BCUT2D eigenvalue weighted by molar-refractivity contribution is 5.91. The van der Waals surface area contributed by atoms with Crippen LogP contribution in [0.4, 0.5) is 5.69 Å². The molecule has 0 saturated carbocycles. The Balaban J connectivity index is 1.33. The van der Waals surface area contributed by atoms with Crippen molar-refractivity contribution in [2.24, 2.45) is 0 Å². The molecule has 6 nitrogen and oxygen atoms in total. The number of likely N-dealkylation sites (tertiary alicyclic amines) is 1.